The van der Waals surface area contributed by atoms with Crippen LogP contribution < -0.4 is 0 Å². The van der Waals surface area contributed by atoms with E-state index in [2.05, 4.69) is 6.58 Å². The van der Waals surface area contributed by atoms with Crippen LogP contribution in [0.25, 0.3) is 0 Å². The highest BCUT2D eigenvalue weighted by Crippen LogP contribution is 2.44. The molecule has 0 aromatic heterocycles. The topological polar surface area (TPSA) is 160 Å². The molecule has 0 aromatic carbocycles. The predicted molar refractivity (Wildman–Crippen MR) is 104 cm³/mol. The molecule has 1 saturated carbocycles. The van der Waals surface area contributed by atoms with Gasteiger partial charge in [0, 0.05) is 23.3 Å². The Hall–Kier alpha value is -3.03. The van der Waals surface area contributed by atoms with Crippen molar-refractivity contribution in [1.82, 2.24) is 0 Å². The monoisotopic (exact) mass is 422 g/mol. The van der Waals surface area contributed by atoms with Gasteiger partial charge in [-0.3, -0.25) is 10.1 Å². The molecule has 164 valence electrons. The molecule has 10 heteroatoms. The summed E-state index contributed by atoms with van der Waals surface area (Å²) in [7, 11) is 0. The van der Waals surface area contributed by atoms with Gasteiger partial charge in [0.15, 0.2) is 0 Å². The molecular formula is C20H26N2O8. The SMILES string of the molecule is C=C(/C=C\C(C#N)=C/C)C1C[C@@](O)(C(=O)OCC)C([N+](=O)[O-])[C@@](O)(C(=O)OCC)C1. The second kappa shape index (κ2) is 10.1. The number of nitriles is 1. The molecule has 0 radical (unpaired) electrons. The number of nitrogens with zero attached hydrogens (tertiary/aromatic N) is 2. The van der Waals surface area contributed by atoms with E-state index in [0.717, 1.165) is 0 Å². The van der Waals surface area contributed by atoms with Crippen molar-refractivity contribution in [2.45, 2.75) is 50.9 Å². The first-order valence-corrected chi connectivity index (χ1v) is 9.37. The van der Waals surface area contributed by atoms with Gasteiger partial charge in [-0.2, -0.15) is 5.26 Å². The molecule has 0 bridgehead atoms. The van der Waals surface area contributed by atoms with E-state index in [1.54, 1.807) is 6.92 Å². The summed E-state index contributed by atoms with van der Waals surface area (Å²) in [5.41, 5.74) is -5.06. The quantitative estimate of drug-likeness (QED) is 0.193. The van der Waals surface area contributed by atoms with Crippen molar-refractivity contribution in [2.24, 2.45) is 5.92 Å². The maximum Gasteiger partial charge on any atom is 0.345 e. The summed E-state index contributed by atoms with van der Waals surface area (Å²) in [6.45, 7) is 7.99. The van der Waals surface area contributed by atoms with Gasteiger partial charge in [-0.05, 0) is 32.8 Å². The molecule has 0 aliphatic heterocycles. The molecule has 0 saturated heterocycles. The minimum Gasteiger partial charge on any atom is -0.464 e. The normalized spacial score (nSPS) is 29.1. The largest absolute Gasteiger partial charge is 0.464 e. The van der Waals surface area contributed by atoms with Gasteiger partial charge in [0.1, 0.15) is 0 Å². The summed E-state index contributed by atoms with van der Waals surface area (Å²) in [5, 5.41) is 42.8. The van der Waals surface area contributed by atoms with Crippen molar-refractivity contribution in [3.8, 4) is 6.07 Å². The van der Waals surface area contributed by atoms with E-state index >= 15 is 0 Å². The average molecular weight is 422 g/mol. The van der Waals surface area contributed by atoms with Crippen LogP contribution in [0.1, 0.15) is 33.6 Å². The summed E-state index contributed by atoms with van der Waals surface area (Å²) in [4.78, 5) is 35.7. The van der Waals surface area contributed by atoms with E-state index in [-0.39, 0.29) is 18.8 Å². The Bertz CT molecular complexity index is 778. The minimum absolute atomic E-state index is 0.179. The van der Waals surface area contributed by atoms with Crippen molar-refractivity contribution in [3.63, 3.8) is 0 Å². The summed E-state index contributed by atoms with van der Waals surface area (Å²) in [6.07, 6.45) is 3.36. The van der Waals surface area contributed by atoms with Crippen LogP contribution in [0.4, 0.5) is 0 Å². The smallest absolute Gasteiger partial charge is 0.345 e. The van der Waals surface area contributed by atoms with E-state index in [0.29, 0.717) is 5.57 Å². The highest BCUT2D eigenvalue weighted by molar-refractivity contribution is 5.86. The van der Waals surface area contributed by atoms with Crippen LogP contribution in [0.15, 0.2) is 36.0 Å². The molecule has 1 rings (SSSR count). The van der Waals surface area contributed by atoms with Crippen LogP contribution in [0.3, 0.4) is 0 Å². The minimum atomic E-state index is -2.81. The first-order valence-electron chi connectivity index (χ1n) is 9.37. The van der Waals surface area contributed by atoms with Gasteiger partial charge in [0.25, 0.3) is 6.04 Å². The summed E-state index contributed by atoms with van der Waals surface area (Å²) in [5.74, 6) is -3.58. The van der Waals surface area contributed by atoms with Crippen molar-refractivity contribution in [2.75, 3.05) is 13.2 Å². The van der Waals surface area contributed by atoms with E-state index in [1.165, 1.54) is 32.1 Å². The highest BCUT2D eigenvalue weighted by Gasteiger charge is 2.71. The van der Waals surface area contributed by atoms with E-state index in [1.807, 2.05) is 6.07 Å². The van der Waals surface area contributed by atoms with Crippen molar-refractivity contribution < 1.29 is 34.2 Å². The van der Waals surface area contributed by atoms with Gasteiger partial charge in [-0.25, -0.2) is 9.59 Å². The molecule has 4 atom stereocenters. The molecule has 0 heterocycles. The van der Waals surface area contributed by atoms with E-state index in [9.17, 15) is 29.9 Å². The molecule has 1 aliphatic rings. The molecule has 1 fully saturated rings. The molecule has 2 unspecified atom stereocenters. The van der Waals surface area contributed by atoms with Crippen molar-refractivity contribution in [3.05, 3.63) is 46.1 Å². The summed E-state index contributed by atoms with van der Waals surface area (Å²) >= 11 is 0. The predicted octanol–water partition coefficient (Wildman–Crippen LogP) is 1.21. The molecule has 0 aromatic rings. The number of hydrogen-bond donors (Lipinski definition) is 2. The lowest BCUT2D eigenvalue weighted by molar-refractivity contribution is -0.566. The Morgan fingerprint density at radius 2 is 1.67 bits per heavy atom. The van der Waals surface area contributed by atoms with E-state index < -0.39 is 52.9 Å². The first kappa shape index (κ1) is 25.0. The number of esters is 2. The lowest BCUT2D eigenvalue weighted by Gasteiger charge is -2.44. The Morgan fingerprint density at radius 1 is 1.20 bits per heavy atom. The Morgan fingerprint density at radius 3 is 2.00 bits per heavy atom. The number of rotatable bonds is 8. The number of ether oxygens (including phenoxy) is 2. The number of nitro groups is 1. The highest BCUT2D eigenvalue weighted by atomic mass is 16.6. The average Bonchev–Trinajstić information content (AvgIpc) is 2.68. The second-order valence-corrected chi connectivity index (χ2v) is 6.85. The number of allylic oxidation sites excluding steroid dienone is 5. The number of aliphatic hydroxyl groups is 2. The van der Waals surface area contributed by atoms with Gasteiger partial charge in [-0.1, -0.05) is 24.3 Å². The number of carbonyl (C=O) groups excluding carboxylic acids is 2. The summed E-state index contributed by atoms with van der Waals surface area (Å²) < 4.78 is 9.60. The standard InChI is InChI=1S/C20H26N2O8/c1-5-14(12-21)9-8-13(4)15-10-19(25,17(23)29-6-2)16(22(27)28)20(26,11-15)18(24)30-7-3/h5,8-9,15-16,25-26H,4,6-7,10-11H2,1-3H3/b9-8-,14-5+/t15?,16?,19-,20+. The molecule has 0 amide bonds. The Balaban J connectivity index is 3.52. The molecule has 2 N–H and O–H groups in total. The van der Waals surface area contributed by atoms with Gasteiger partial charge >= 0.3 is 11.9 Å². The fourth-order valence-electron chi connectivity index (χ4n) is 3.49. The zero-order valence-electron chi connectivity index (χ0n) is 17.2. The first-order chi connectivity index (χ1) is 14.0. The van der Waals surface area contributed by atoms with Gasteiger partial charge in [-0.15, -0.1) is 0 Å². The third-order valence-corrected chi connectivity index (χ3v) is 4.93. The fraction of sp³-hybridized carbons (Fsp3) is 0.550. The zero-order valence-corrected chi connectivity index (χ0v) is 17.2. The summed E-state index contributed by atoms with van der Waals surface area (Å²) in [6, 6.07) is -0.470. The van der Waals surface area contributed by atoms with Crippen LogP contribution in [0.2, 0.25) is 0 Å². The van der Waals surface area contributed by atoms with E-state index in [4.69, 9.17) is 14.7 Å². The maximum atomic E-state index is 12.5. The number of hydrogen-bond acceptors (Lipinski definition) is 9. The number of carbonyl (C=O) groups is 2. The van der Waals surface area contributed by atoms with Crippen molar-refractivity contribution in [1.29, 1.82) is 5.26 Å². The molecule has 10 nitrogen and oxygen atoms in total. The second-order valence-electron chi connectivity index (χ2n) is 6.85. The molecule has 1 aliphatic carbocycles. The zero-order chi connectivity index (χ0) is 23.1. The van der Waals surface area contributed by atoms with Gasteiger partial charge in [0.2, 0.25) is 11.2 Å². The van der Waals surface area contributed by atoms with Crippen LogP contribution in [-0.4, -0.2) is 57.5 Å². The molecular weight excluding hydrogens is 396 g/mol. The van der Waals surface area contributed by atoms with Gasteiger partial charge < -0.3 is 19.7 Å². The lowest BCUT2D eigenvalue weighted by atomic mass is 9.64. The Labute approximate surface area is 174 Å². The van der Waals surface area contributed by atoms with Gasteiger partial charge in [0.05, 0.1) is 19.3 Å². The fourth-order valence-corrected chi connectivity index (χ4v) is 3.49. The molecule has 0 spiro atoms. The third-order valence-electron chi connectivity index (χ3n) is 4.93. The van der Waals surface area contributed by atoms with Crippen LogP contribution >= 0.6 is 0 Å². The van der Waals surface area contributed by atoms with Crippen molar-refractivity contribution >= 4 is 11.9 Å². The lowest BCUT2D eigenvalue weighted by Crippen LogP contribution is -2.71. The maximum absolute atomic E-state index is 12.5. The Kier molecular flexibility index (Phi) is 8.45. The molecule has 30 heavy (non-hydrogen) atoms. The third kappa shape index (κ3) is 4.93. The van der Waals surface area contributed by atoms with Crippen LogP contribution in [0.5, 0.6) is 0 Å². The van der Waals surface area contributed by atoms with Crippen LogP contribution in [-0.2, 0) is 19.1 Å². The van der Waals surface area contributed by atoms with Crippen LogP contribution in [0, 0.1) is 27.4 Å².